The monoisotopic (exact) mass is 417 g/mol. The summed E-state index contributed by atoms with van der Waals surface area (Å²) in [5.41, 5.74) is 5.47. The Balaban J connectivity index is 2.24. The zero-order chi connectivity index (χ0) is 22.3. The van der Waals surface area contributed by atoms with E-state index < -0.39 is 17.4 Å². The number of likely N-dealkylation sites (N-methyl/N-ethyl adjacent to an activating group) is 1. The van der Waals surface area contributed by atoms with Crippen molar-refractivity contribution in [3.05, 3.63) is 82.1 Å². The van der Waals surface area contributed by atoms with Gasteiger partial charge in [0.05, 0.1) is 30.8 Å². The quantitative estimate of drug-likeness (QED) is 0.682. The lowest BCUT2D eigenvalue weighted by atomic mass is 9.70. The third kappa shape index (κ3) is 2.62. The fourth-order valence-corrected chi connectivity index (χ4v) is 5.38. The van der Waals surface area contributed by atoms with Gasteiger partial charge in [-0.2, -0.15) is 0 Å². The number of fused-ring (bicyclic) bond motifs is 5. The number of carbonyl (C=O) groups is 2. The lowest BCUT2D eigenvalue weighted by Gasteiger charge is -2.39. The Hall–Kier alpha value is -3.34. The summed E-state index contributed by atoms with van der Waals surface area (Å²) in [6, 6.07) is 16.2. The SMILES string of the molecule is CCN(CC)C1=C(C)C(C(=O)OC)=C(C(=O)OC)C12c1ccccc1-c1ccccc12. The lowest BCUT2D eigenvalue weighted by Crippen LogP contribution is -2.40. The van der Waals surface area contributed by atoms with E-state index in [1.807, 2.05) is 31.2 Å². The molecule has 0 aromatic heterocycles. The predicted octanol–water partition coefficient (Wildman–Crippen LogP) is 4.23. The molecule has 0 atom stereocenters. The Morgan fingerprint density at radius 2 is 1.32 bits per heavy atom. The summed E-state index contributed by atoms with van der Waals surface area (Å²) in [5, 5.41) is 0. The highest BCUT2D eigenvalue weighted by Crippen LogP contribution is 2.62. The minimum Gasteiger partial charge on any atom is -0.466 e. The van der Waals surface area contributed by atoms with E-state index in [-0.39, 0.29) is 0 Å². The van der Waals surface area contributed by atoms with Gasteiger partial charge >= 0.3 is 11.9 Å². The van der Waals surface area contributed by atoms with Crippen molar-refractivity contribution >= 4 is 11.9 Å². The van der Waals surface area contributed by atoms with Crippen molar-refractivity contribution in [1.29, 1.82) is 0 Å². The van der Waals surface area contributed by atoms with Gasteiger partial charge in [0.25, 0.3) is 0 Å². The molecule has 31 heavy (non-hydrogen) atoms. The van der Waals surface area contributed by atoms with Crippen LogP contribution in [-0.4, -0.2) is 44.1 Å². The van der Waals surface area contributed by atoms with E-state index in [9.17, 15) is 9.59 Å². The number of carbonyl (C=O) groups excluding carboxylic acids is 2. The second-order valence-corrected chi connectivity index (χ2v) is 7.72. The molecule has 160 valence electrons. The molecule has 0 aliphatic heterocycles. The predicted molar refractivity (Wildman–Crippen MR) is 119 cm³/mol. The smallest absolute Gasteiger partial charge is 0.338 e. The first-order valence-electron chi connectivity index (χ1n) is 10.6. The Morgan fingerprint density at radius 1 is 0.839 bits per heavy atom. The largest absolute Gasteiger partial charge is 0.466 e. The Morgan fingerprint density at radius 3 is 1.77 bits per heavy atom. The minimum absolute atomic E-state index is 0.294. The van der Waals surface area contributed by atoms with Crippen LogP contribution in [0.1, 0.15) is 31.9 Å². The van der Waals surface area contributed by atoms with Crippen molar-refractivity contribution in [3.63, 3.8) is 0 Å². The van der Waals surface area contributed by atoms with Crippen LogP contribution in [0.15, 0.2) is 70.9 Å². The fraction of sp³-hybridized carbons (Fsp3) is 0.308. The Kier molecular flexibility index (Phi) is 5.21. The summed E-state index contributed by atoms with van der Waals surface area (Å²) in [5.74, 6) is -1.05. The van der Waals surface area contributed by atoms with E-state index in [1.54, 1.807) is 0 Å². The maximum absolute atomic E-state index is 13.4. The normalized spacial score (nSPS) is 15.8. The summed E-state index contributed by atoms with van der Waals surface area (Å²) >= 11 is 0. The molecule has 0 amide bonds. The van der Waals surface area contributed by atoms with Gasteiger partial charge in [-0.3, -0.25) is 0 Å². The summed E-state index contributed by atoms with van der Waals surface area (Å²) in [7, 11) is 2.70. The second kappa shape index (κ2) is 7.73. The van der Waals surface area contributed by atoms with Crippen molar-refractivity contribution in [2.75, 3.05) is 27.3 Å². The van der Waals surface area contributed by atoms with Crippen LogP contribution in [0.2, 0.25) is 0 Å². The van der Waals surface area contributed by atoms with Gasteiger partial charge in [0, 0.05) is 18.8 Å². The van der Waals surface area contributed by atoms with E-state index in [0.717, 1.165) is 46.6 Å². The Bertz CT molecular complexity index is 1090. The average molecular weight is 418 g/mol. The molecule has 0 saturated heterocycles. The molecule has 0 radical (unpaired) electrons. The molecule has 2 aliphatic rings. The van der Waals surface area contributed by atoms with E-state index in [4.69, 9.17) is 9.47 Å². The topological polar surface area (TPSA) is 55.8 Å². The molecular weight excluding hydrogens is 390 g/mol. The third-order valence-corrected chi connectivity index (χ3v) is 6.52. The van der Waals surface area contributed by atoms with Crippen LogP contribution in [0.4, 0.5) is 0 Å². The molecule has 0 fully saturated rings. The van der Waals surface area contributed by atoms with Gasteiger partial charge in [0.15, 0.2) is 0 Å². The maximum Gasteiger partial charge on any atom is 0.338 e. The molecule has 0 heterocycles. The first-order valence-corrected chi connectivity index (χ1v) is 10.6. The summed E-state index contributed by atoms with van der Waals surface area (Å²) in [6.45, 7) is 7.54. The first-order chi connectivity index (χ1) is 15.0. The molecule has 0 unspecified atom stereocenters. The van der Waals surface area contributed by atoms with E-state index >= 15 is 0 Å². The highest BCUT2D eigenvalue weighted by Gasteiger charge is 2.58. The van der Waals surface area contributed by atoms with Gasteiger partial charge in [-0.25, -0.2) is 9.59 Å². The molecular formula is C26H27NO4. The summed E-state index contributed by atoms with van der Waals surface area (Å²) < 4.78 is 10.4. The van der Waals surface area contributed by atoms with Gasteiger partial charge in [0.1, 0.15) is 0 Å². The van der Waals surface area contributed by atoms with E-state index in [2.05, 4.69) is 43.0 Å². The lowest BCUT2D eigenvalue weighted by molar-refractivity contribution is -0.139. The summed E-state index contributed by atoms with van der Waals surface area (Å²) in [4.78, 5) is 28.6. The van der Waals surface area contributed by atoms with Crippen LogP contribution < -0.4 is 0 Å². The van der Waals surface area contributed by atoms with Crippen molar-refractivity contribution < 1.29 is 19.1 Å². The molecule has 4 rings (SSSR count). The van der Waals surface area contributed by atoms with Crippen LogP contribution in [0.3, 0.4) is 0 Å². The number of nitrogens with zero attached hydrogens (tertiary/aromatic N) is 1. The number of rotatable bonds is 5. The van der Waals surface area contributed by atoms with Gasteiger partial charge in [-0.15, -0.1) is 0 Å². The molecule has 0 N–H and O–H groups in total. The highest BCUT2D eigenvalue weighted by atomic mass is 16.5. The van der Waals surface area contributed by atoms with Gasteiger partial charge in [0.2, 0.25) is 0 Å². The van der Waals surface area contributed by atoms with E-state index in [1.165, 1.54) is 14.2 Å². The van der Waals surface area contributed by atoms with Crippen LogP contribution in [0.5, 0.6) is 0 Å². The number of esters is 2. The standard InChI is InChI=1S/C26H27NO4/c1-6-27(7-2)23-16(3)21(24(28)30-4)22(25(29)31-5)26(23)19-14-10-8-12-17(19)18-13-9-11-15-20(18)26/h8-15H,6-7H2,1-5H3. The molecule has 2 aliphatic carbocycles. The number of allylic oxidation sites excluding steroid dienone is 1. The molecule has 0 bridgehead atoms. The molecule has 2 aromatic rings. The number of hydrogen-bond acceptors (Lipinski definition) is 5. The van der Waals surface area contributed by atoms with Crippen LogP contribution in [0.25, 0.3) is 11.1 Å². The maximum atomic E-state index is 13.4. The number of methoxy groups -OCH3 is 2. The van der Waals surface area contributed by atoms with Crippen LogP contribution in [0, 0.1) is 0 Å². The summed E-state index contributed by atoms with van der Waals surface area (Å²) in [6.07, 6.45) is 0. The number of hydrogen-bond donors (Lipinski definition) is 0. The highest BCUT2D eigenvalue weighted by molar-refractivity contribution is 6.10. The van der Waals surface area contributed by atoms with E-state index in [0.29, 0.717) is 11.1 Å². The first kappa shape index (κ1) is 20.9. The van der Waals surface area contributed by atoms with Crippen molar-refractivity contribution in [2.45, 2.75) is 26.2 Å². The molecule has 2 aromatic carbocycles. The fourth-order valence-electron chi connectivity index (χ4n) is 5.38. The average Bonchev–Trinajstić information content (AvgIpc) is 3.25. The third-order valence-electron chi connectivity index (χ3n) is 6.52. The second-order valence-electron chi connectivity index (χ2n) is 7.72. The zero-order valence-electron chi connectivity index (χ0n) is 18.6. The van der Waals surface area contributed by atoms with Crippen molar-refractivity contribution in [2.24, 2.45) is 0 Å². The number of benzene rings is 2. The molecule has 5 heteroatoms. The Labute approximate surface area is 183 Å². The minimum atomic E-state index is -0.931. The zero-order valence-corrected chi connectivity index (χ0v) is 18.6. The molecule has 0 saturated carbocycles. The van der Waals surface area contributed by atoms with Crippen LogP contribution in [-0.2, 0) is 24.5 Å². The van der Waals surface area contributed by atoms with Gasteiger partial charge in [-0.1, -0.05) is 48.5 Å². The molecule has 5 nitrogen and oxygen atoms in total. The molecule has 1 spiro atoms. The van der Waals surface area contributed by atoms with Gasteiger partial charge in [-0.05, 0) is 48.6 Å². The van der Waals surface area contributed by atoms with Crippen LogP contribution >= 0.6 is 0 Å². The number of ether oxygens (including phenoxy) is 2. The van der Waals surface area contributed by atoms with Crippen molar-refractivity contribution in [3.8, 4) is 11.1 Å². The van der Waals surface area contributed by atoms with Gasteiger partial charge < -0.3 is 14.4 Å². The van der Waals surface area contributed by atoms with Crippen molar-refractivity contribution in [1.82, 2.24) is 4.90 Å².